The summed E-state index contributed by atoms with van der Waals surface area (Å²) in [6, 6.07) is 0.148. The number of nitrogens with zero attached hydrogens (tertiary/aromatic N) is 1. The highest BCUT2D eigenvalue weighted by molar-refractivity contribution is 5.80. The van der Waals surface area contributed by atoms with Crippen LogP contribution >= 0.6 is 0 Å². The van der Waals surface area contributed by atoms with Crippen LogP contribution in [-0.2, 0) is 4.79 Å². The lowest BCUT2D eigenvalue weighted by Gasteiger charge is -2.30. The van der Waals surface area contributed by atoms with Gasteiger partial charge >= 0.3 is 0 Å². The lowest BCUT2D eigenvalue weighted by molar-refractivity contribution is -0.138. The van der Waals surface area contributed by atoms with E-state index in [1.807, 2.05) is 13.8 Å². The zero-order valence-electron chi connectivity index (χ0n) is 9.65. The molecule has 88 valence electrons. The summed E-state index contributed by atoms with van der Waals surface area (Å²) in [5, 5.41) is 8.92. The Bertz CT molecular complexity index is 219. The first-order valence-electron chi connectivity index (χ1n) is 5.74. The van der Waals surface area contributed by atoms with Crippen molar-refractivity contribution >= 4 is 5.91 Å². The average Bonchev–Trinajstić information content (AvgIpc) is 2.59. The first-order valence-corrected chi connectivity index (χ1v) is 5.74. The van der Waals surface area contributed by atoms with Crippen molar-refractivity contribution in [3.05, 3.63) is 0 Å². The highest BCUT2D eigenvalue weighted by Gasteiger charge is 2.33. The molecule has 4 heteroatoms. The van der Waals surface area contributed by atoms with Gasteiger partial charge in [-0.2, -0.15) is 0 Å². The largest absolute Gasteiger partial charge is 0.395 e. The molecule has 0 bridgehead atoms. The monoisotopic (exact) mass is 214 g/mol. The second-order valence-corrected chi connectivity index (χ2v) is 4.55. The van der Waals surface area contributed by atoms with Crippen LogP contribution in [0.25, 0.3) is 0 Å². The summed E-state index contributed by atoms with van der Waals surface area (Å²) in [5.74, 6) is 0.0861. The van der Waals surface area contributed by atoms with Gasteiger partial charge in [0, 0.05) is 18.6 Å². The number of aliphatic hydroxyl groups is 1. The number of aliphatic hydroxyl groups excluding tert-OH is 1. The number of carbonyl (C=O) groups excluding carboxylic acids is 1. The molecule has 15 heavy (non-hydrogen) atoms. The maximum absolute atomic E-state index is 12.1. The van der Waals surface area contributed by atoms with E-state index in [9.17, 15) is 4.79 Å². The topological polar surface area (TPSA) is 66.6 Å². The predicted octanol–water partition coefficient (Wildman–Crippen LogP) is 0.343. The van der Waals surface area contributed by atoms with Crippen LogP contribution in [0.2, 0.25) is 0 Å². The Morgan fingerprint density at radius 3 is 2.60 bits per heavy atom. The summed E-state index contributed by atoms with van der Waals surface area (Å²) in [6.45, 7) is 4.37. The highest BCUT2D eigenvalue weighted by Crippen LogP contribution is 2.26. The summed E-state index contributed by atoms with van der Waals surface area (Å²) in [5.41, 5.74) is 5.90. The molecule has 1 saturated carbocycles. The van der Waals surface area contributed by atoms with Gasteiger partial charge in [0.05, 0.1) is 12.5 Å². The van der Waals surface area contributed by atoms with Crippen molar-refractivity contribution in [1.82, 2.24) is 4.90 Å². The van der Waals surface area contributed by atoms with Crippen LogP contribution in [0.3, 0.4) is 0 Å². The number of amides is 1. The molecular weight excluding hydrogens is 192 g/mol. The van der Waals surface area contributed by atoms with Gasteiger partial charge in [-0.15, -0.1) is 0 Å². The molecule has 0 aromatic rings. The molecule has 0 aromatic carbocycles. The van der Waals surface area contributed by atoms with E-state index in [2.05, 4.69) is 0 Å². The van der Waals surface area contributed by atoms with Crippen LogP contribution in [0, 0.1) is 5.92 Å². The number of nitrogens with two attached hydrogens (primary N) is 1. The van der Waals surface area contributed by atoms with Gasteiger partial charge in [0.1, 0.15) is 0 Å². The minimum absolute atomic E-state index is 0.0115. The fraction of sp³-hybridized carbons (Fsp3) is 0.909. The van der Waals surface area contributed by atoms with E-state index < -0.39 is 0 Å². The van der Waals surface area contributed by atoms with Crippen LogP contribution in [0.5, 0.6) is 0 Å². The second-order valence-electron chi connectivity index (χ2n) is 4.55. The van der Waals surface area contributed by atoms with Crippen LogP contribution in [0.15, 0.2) is 0 Å². The predicted molar refractivity (Wildman–Crippen MR) is 59.3 cm³/mol. The van der Waals surface area contributed by atoms with E-state index in [1.54, 1.807) is 4.90 Å². The molecule has 0 aromatic heterocycles. The molecule has 1 fully saturated rings. The zero-order chi connectivity index (χ0) is 11.4. The van der Waals surface area contributed by atoms with E-state index in [-0.39, 0.29) is 30.5 Å². The van der Waals surface area contributed by atoms with Gasteiger partial charge in [-0.3, -0.25) is 4.79 Å². The molecule has 1 amide bonds. The van der Waals surface area contributed by atoms with Crippen molar-refractivity contribution in [2.45, 2.75) is 45.2 Å². The fourth-order valence-corrected chi connectivity index (χ4v) is 2.24. The highest BCUT2D eigenvalue weighted by atomic mass is 16.3. The number of hydrogen-bond acceptors (Lipinski definition) is 3. The van der Waals surface area contributed by atoms with Gasteiger partial charge in [-0.25, -0.2) is 0 Å². The van der Waals surface area contributed by atoms with Crippen molar-refractivity contribution in [3.63, 3.8) is 0 Å². The Morgan fingerprint density at radius 2 is 2.20 bits per heavy atom. The third kappa shape index (κ3) is 2.92. The number of hydrogen-bond donors (Lipinski definition) is 2. The molecule has 1 aliphatic rings. The maximum Gasteiger partial charge on any atom is 0.227 e. The van der Waals surface area contributed by atoms with Gasteiger partial charge in [-0.1, -0.05) is 6.42 Å². The fourth-order valence-electron chi connectivity index (χ4n) is 2.24. The van der Waals surface area contributed by atoms with Crippen LogP contribution < -0.4 is 5.73 Å². The Kier molecular flexibility index (Phi) is 4.54. The van der Waals surface area contributed by atoms with Gasteiger partial charge in [-0.05, 0) is 26.7 Å². The summed E-state index contributed by atoms with van der Waals surface area (Å²) in [4.78, 5) is 13.9. The van der Waals surface area contributed by atoms with Crippen molar-refractivity contribution < 1.29 is 9.90 Å². The molecular formula is C11H22N2O2. The van der Waals surface area contributed by atoms with E-state index in [1.165, 1.54) is 0 Å². The van der Waals surface area contributed by atoms with Crippen LogP contribution in [0.1, 0.15) is 33.1 Å². The molecule has 1 rings (SSSR count). The van der Waals surface area contributed by atoms with E-state index in [4.69, 9.17) is 10.8 Å². The van der Waals surface area contributed by atoms with Crippen molar-refractivity contribution in [2.24, 2.45) is 11.7 Å². The van der Waals surface area contributed by atoms with Crippen LogP contribution in [0.4, 0.5) is 0 Å². The molecule has 4 nitrogen and oxygen atoms in total. The van der Waals surface area contributed by atoms with Crippen molar-refractivity contribution in [1.29, 1.82) is 0 Å². The minimum Gasteiger partial charge on any atom is -0.395 e. The summed E-state index contributed by atoms with van der Waals surface area (Å²) >= 11 is 0. The van der Waals surface area contributed by atoms with Crippen molar-refractivity contribution in [3.8, 4) is 0 Å². The zero-order valence-corrected chi connectivity index (χ0v) is 9.65. The Balaban J connectivity index is 2.62. The maximum atomic E-state index is 12.1. The molecule has 2 unspecified atom stereocenters. The lowest BCUT2D eigenvalue weighted by atomic mass is 10.0. The standard InChI is InChI=1S/C11H22N2O2/c1-8(2)13(6-7-14)11(15)9-4-3-5-10(9)12/h8-10,14H,3-7,12H2,1-2H3. The van der Waals surface area contributed by atoms with Gasteiger partial charge in [0.2, 0.25) is 5.91 Å². The lowest BCUT2D eigenvalue weighted by Crippen LogP contribution is -2.46. The number of rotatable bonds is 4. The molecule has 0 saturated heterocycles. The Morgan fingerprint density at radius 1 is 1.53 bits per heavy atom. The van der Waals surface area contributed by atoms with Gasteiger partial charge < -0.3 is 15.7 Å². The molecule has 0 heterocycles. The summed E-state index contributed by atoms with van der Waals surface area (Å²) < 4.78 is 0. The van der Waals surface area contributed by atoms with Crippen LogP contribution in [-0.4, -0.2) is 41.1 Å². The Labute approximate surface area is 91.4 Å². The molecule has 0 radical (unpaired) electrons. The van der Waals surface area contributed by atoms with E-state index >= 15 is 0 Å². The first kappa shape index (κ1) is 12.5. The SMILES string of the molecule is CC(C)N(CCO)C(=O)C1CCCC1N. The molecule has 2 atom stereocenters. The smallest absolute Gasteiger partial charge is 0.227 e. The molecule has 0 spiro atoms. The third-order valence-corrected chi connectivity index (χ3v) is 3.13. The minimum atomic E-state index is -0.0288. The molecule has 3 N–H and O–H groups in total. The second kappa shape index (κ2) is 5.47. The average molecular weight is 214 g/mol. The van der Waals surface area contributed by atoms with Gasteiger partial charge in [0.15, 0.2) is 0 Å². The van der Waals surface area contributed by atoms with Gasteiger partial charge in [0.25, 0.3) is 0 Å². The molecule has 1 aliphatic carbocycles. The van der Waals surface area contributed by atoms with E-state index in [0.29, 0.717) is 6.54 Å². The number of carbonyl (C=O) groups is 1. The third-order valence-electron chi connectivity index (χ3n) is 3.13. The molecule has 0 aliphatic heterocycles. The Hall–Kier alpha value is -0.610. The first-order chi connectivity index (χ1) is 7.07. The van der Waals surface area contributed by atoms with Crippen molar-refractivity contribution in [2.75, 3.05) is 13.2 Å². The quantitative estimate of drug-likeness (QED) is 0.709. The van der Waals surface area contributed by atoms with E-state index in [0.717, 1.165) is 19.3 Å². The summed E-state index contributed by atoms with van der Waals surface area (Å²) in [7, 11) is 0. The normalized spacial score (nSPS) is 25.9. The summed E-state index contributed by atoms with van der Waals surface area (Å²) in [6.07, 6.45) is 2.89.